The van der Waals surface area contributed by atoms with Crippen LogP contribution in [0.2, 0.25) is 0 Å². The lowest BCUT2D eigenvalue weighted by atomic mass is 9.87. The first-order valence-electron chi connectivity index (χ1n) is 34.5. The number of fused-ring (bicyclic) bond motifs is 8. The molecule has 4 aromatic carbocycles. The molecular weight excluding hydrogens is 1190 g/mol. The van der Waals surface area contributed by atoms with Crippen LogP contribution in [0.25, 0.3) is 0 Å². The predicted molar refractivity (Wildman–Crippen MR) is 366 cm³/mol. The average Bonchev–Trinajstić information content (AvgIpc) is 0.782. The van der Waals surface area contributed by atoms with Gasteiger partial charge in [-0.05, 0) is 132 Å². The zero-order valence-electron chi connectivity index (χ0n) is 57.1. The molecule has 5 rings (SSSR count). The van der Waals surface area contributed by atoms with Crippen LogP contribution in [-0.2, 0) is 109 Å². The summed E-state index contributed by atoms with van der Waals surface area (Å²) >= 11 is 0. The smallest absolute Gasteiger partial charge is 0.331 e. The third kappa shape index (κ3) is 27.8. The number of unbranched alkanes of at least 4 members (excludes halogenated alkanes) is 12. The largest absolute Gasteiger partial charge is 0.489 e. The van der Waals surface area contributed by atoms with Gasteiger partial charge in [0.1, 0.15) is 75.9 Å². The third-order valence-electron chi connectivity index (χ3n) is 15.9. The Morgan fingerprint density at radius 2 is 0.511 bits per heavy atom. The highest BCUT2D eigenvalue weighted by Crippen LogP contribution is 2.42. The highest BCUT2D eigenvalue weighted by atomic mass is 16.6. The second-order valence-corrected chi connectivity index (χ2v) is 23.6. The molecule has 1 aliphatic rings. The number of rotatable bonds is 44. The van der Waals surface area contributed by atoms with Gasteiger partial charge in [0, 0.05) is 62.1 Å². The van der Waals surface area contributed by atoms with E-state index in [9.17, 15) is 28.8 Å². The Morgan fingerprint density at radius 1 is 0.298 bits per heavy atom. The lowest BCUT2D eigenvalue weighted by molar-refractivity contribution is -0.140. The van der Waals surface area contributed by atoms with Crippen molar-refractivity contribution in [2.45, 2.75) is 196 Å². The van der Waals surface area contributed by atoms with Crippen molar-refractivity contribution < 1.29 is 76.1 Å². The Morgan fingerprint density at radius 3 is 0.713 bits per heavy atom. The van der Waals surface area contributed by atoms with Crippen LogP contribution >= 0.6 is 0 Å². The molecular formula is C78H104O16. The molecule has 0 aromatic heterocycles. The Balaban J connectivity index is 1.91. The summed E-state index contributed by atoms with van der Waals surface area (Å²) in [5.41, 5.74) is 11.5. The molecule has 16 nitrogen and oxygen atoms in total. The molecule has 0 unspecified atom stereocenters. The number of aryl methyl sites for hydroxylation is 4. The van der Waals surface area contributed by atoms with Gasteiger partial charge < -0.3 is 47.4 Å². The Hall–Kier alpha value is -8.14. The quantitative estimate of drug-likeness (QED) is 0.0154. The first-order chi connectivity index (χ1) is 45.8. The van der Waals surface area contributed by atoms with E-state index in [0.29, 0.717) is 48.7 Å². The molecule has 1 aliphatic carbocycles. The molecule has 94 heavy (non-hydrogen) atoms. The van der Waals surface area contributed by atoms with Crippen LogP contribution in [0.15, 0.2) is 98.1 Å². The van der Waals surface area contributed by atoms with Crippen molar-refractivity contribution in [3.63, 3.8) is 0 Å². The minimum atomic E-state index is -0.728. The maximum absolute atomic E-state index is 13.0. The number of benzene rings is 4. The number of carbonyl (C=O) groups excluding carboxylic acids is 6. The van der Waals surface area contributed by atoms with Crippen molar-refractivity contribution >= 4 is 35.8 Å². The maximum Gasteiger partial charge on any atom is 0.331 e. The van der Waals surface area contributed by atoms with Gasteiger partial charge in [0.2, 0.25) is 0 Å². The van der Waals surface area contributed by atoms with E-state index in [0.717, 1.165) is 232 Å². The zero-order chi connectivity index (χ0) is 67.7. The minimum absolute atomic E-state index is 0.0329. The molecule has 8 bridgehead atoms. The van der Waals surface area contributed by atoms with Gasteiger partial charge in [-0.2, -0.15) is 0 Å². The molecule has 0 amide bonds. The van der Waals surface area contributed by atoms with E-state index in [1.54, 1.807) is 13.8 Å². The SMILES string of the molecule is C=CC(=O)OCCOc1c2cc(CCCCCC)cc1Cc1cc(CCCCCC)cc(c1OCCOC(=O)/C=C\C(=O)OCC)Cc1cc(CCCCCC)cc(c1OCCOC(=O)/C=C\C(=O)OCC)Cc1cc(CCCCCC)cc(c1OCCOC(=O)C=C)C2. The summed E-state index contributed by atoms with van der Waals surface area (Å²) < 4.78 is 60.2. The average molecular weight is 1300 g/mol. The topological polar surface area (TPSA) is 195 Å². The van der Waals surface area contributed by atoms with E-state index in [4.69, 9.17) is 47.4 Å². The molecule has 0 saturated carbocycles. The fraction of sp³-hybridized carbons (Fsp3) is 0.513. The van der Waals surface area contributed by atoms with Crippen LogP contribution in [0.1, 0.15) is 211 Å². The lowest BCUT2D eigenvalue weighted by Gasteiger charge is -2.25. The Kier molecular flexibility index (Phi) is 36.2. The van der Waals surface area contributed by atoms with Crippen LogP contribution < -0.4 is 18.9 Å². The molecule has 16 heteroatoms. The zero-order valence-corrected chi connectivity index (χ0v) is 57.1. The summed E-state index contributed by atoms with van der Waals surface area (Å²) in [6.07, 6.45) is 27.7. The van der Waals surface area contributed by atoms with E-state index < -0.39 is 35.8 Å². The molecule has 0 spiro atoms. The fourth-order valence-electron chi connectivity index (χ4n) is 11.5. The standard InChI is InChI=1S/C78H104O16/c1-9-17-21-25-29-57-45-61-53-62-46-58(30-26-22-18-10-2)48-64(76(62)92-42-38-88-70(80)14-6)55-66-50-60(32-28-24-20-12-4)52-68(78(66)94-44-40-90-74(84)36-34-72(82)86-16-8)56-67-51-59(31-27-23-19-11-3)49-65(54-63(47-57)75(61)91-41-37-87-69(79)13-5)77(67)93-43-39-89-73(83)35-33-71(81)85-15-7/h13-14,33-36,45-52H,5-6,9-12,15-32,37-44,53-56H2,1-4,7-8H3/b35-33-,36-34-. The fourth-order valence-corrected chi connectivity index (χ4v) is 11.5. The number of esters is 6. The van der Waals surface area contributed by atoms with Crippen LogP contribution in [-0.4, -0.2) is 102 Å². The van der Waals surface area contributed by atoms with Crippen LogP contribution in [0.5, 0.6) is 23.0 Å². The highest BCUT2D eigenvalue weighted by Gasteiger charge is 2.26. The van der Waals surface area contributed by atoms with Gasteiger partial charge in [-0.3, -0.25) is 0 Å². The van der Waals surface area contributed by atoms with Crippen molar-refractivity contribution in [3.8, 4) is 23.0 Å². The molecule has 0 N–H and O–H groups in total. The van der Waals surface area contributed by atoms with Crippen molar-refractivity contribution in [2.24, 2.45) is 0 Å². The van der Waals surface area contributed by atoms with E-state index >= 15 is 0 Å². The first kappa shape index (κ1) is 76.6. The molecule has 0 radical (unpaired) electrons. The number of hydrogen-bond acceptors (Lipinski definition) is 16. The van der Waals surface area contributed by atoms with E-state index in [-0.39, 0.29) is 66.1 Å². The van der Waals surface area contributed by atoms with Gasteiger partial charge in [-0.1, -0.05) is 166 Å². The Labute approximate surface area is 559 Å². The van der Waals surface area contributed by atoms with Crippen molar-refractivity contribution in [2.75, 3.05) is 66.1 Å². The van der Waals surface area contributed by atoms with Gasteiger partial charge in [0.05, 0.1) is 13.2 Å². The monoisotopic (exact) mass is 1300 g/mol. The molecule has 4 aromatic rings. The number of hydrogen-bond donors (Lipinski definition) is 0. The van der Waals surface area contributed by atoms with Gasteiger partial charge >= 0.3 is 35.8 Å². The minimum Gasteiger partial charge on any atom is -0.489 e. The summed E-state index contributed by atoms with van der Waals surface area (Å²) in [6.45, 7) is 19.4. The maximum atomic E-state index is 13.0. The molecule has 0 atom stereocenters. The highest BCUT2D eigenvalue weighted by molar-refractivity contribution is 5.92. The van der Waals surface area contributed by atoms with Gasteiger partial charge in [0.25, 0.3) is 0 Å². The summed E-state index contributed by atoms with van der Waals surface area (Å²) in [4.78, 5) is 75.4. The molecule has 0 saturated heterocycles. The van der Waals surface area contributed by atoms with Crippen molar-refractivity contribution in [1.82, 2.24) is 0 Å². The van der Waals surface area contributed by atoms with Crippen LogP contribution in [0, 0.1) is 0 Å². The van der Waals surface area contributed by atoms with Crippen LogP contribution in [0.3, 0.4) is 0 Å². The third-order valence-corrected chi connectivity index (χ3v) is 15.9. The van der Waals surface area contributed by atoms with Gasteiger partial charge in [-0.25, -0.2) is 28.8 Å². The molecule has 512 valence electrons. The second kappa shape index (κ2) is 44.5. The van der Waals surface area contributed by atoms with Crippen molar-refractivity contribution in [3.05, 3.63) is 165 Å². The van der Waals surface area contributed by atoms with Crippen molar-refractivity contribution in [1.29, 1.82) is 0 Å². The molecule has 0 aliphatic heterocycles. The summed E-state index contributed by atoms with van der Waals surface area (Å²) in [5, 5.41) is 0. The normalized spacial score (nSPS) is 11.8. The Bertz CT molecular complexity index is 2930. The van der Waals surface area contributed by atoms with E-state index in [1.165, 1.54) is 0 Å². The van der Waals surface area contributed by atoms with Gasteiger partial charge in [0.15, 0.2) is 0 Å². The van der Waals surface area contributed by atoms with Gasteiger partial charge in [-0.15, -0.1) is 0 Å². The first-order valence-corrected chi connectivity index (χ1v) is 34.5. The second-order valence-electron chi connectivity index (χ2n) is 23.6. The van der Waals surface area contributed by atoms with E-state index in [2.05, 4.69) is 89.4 Å². The predicted octanol–water partition coefficient (Wildman–Crippen LogP) is 15.2. The van der Waals surface area contributed by atoms with Crippen LogP contribution in [0.4, 0.5) is 0 Å². The number of ether oxygens (including phenoxy) is 10. The lowest BCUT2D eigenvalue weighted by Crippen LogP contribution is -2.16. The summed E-state index contributed by atoms with van der Waals surface area (Å²) in [5.74, 6) is -1.44. The summed E-state index contributed by atoms with van der Waals surface area (Å²) in [6, 6.07) is 17.8. The van der Waals surface area contributed by atoms with E-state index in [1.807, 2.05) is 0 Å². The molecule has 0 fully saturated rings. The summed E-state index contributed by atoms with van der Waals surface area (Å²) in [7, 11) is 0. The molecule has 0 heterocycles. The number of carbonyl (C=O) groups is 6.